The molecule has 1 fully saturated rings. The molecular weight excluding hydrogens is 280 g/mol. The number of aromatic nitrogens is 4. The molecule has 2 aromatic heterocycles. The molecule has 0 aliphatic carbocycles. The molecule has 3 rings (SSSR count). The third kappa shape index (κ3) is 3.29. The fourth-order valence-corrected chi connectivity index (χ4v) is 2.90. The predicted molar refractivity (Wildman–Crippen MR) is 83.5 cm³/mol. The number of hydrogen-bond donors (Lipinski definition) is 1. The van der Waals surface area contributed by atoms with Crippen molar-refractivity contribution in [3.05, 3.63) is 30.4 Å². The molecule has 1 atom stereocenters. The van der Waals surface area contributed by atoms with Crippen LogP contribution in [0.5, 0.6) is 0 Å². The van der Waals surface area contributed by atoms with E-state index >= 15 is 0 Å². The molecule has 1 aliphatic heterocycles. The Labute approximate surface area is 129 Å². The van der Waals surface area contributed by atoms with Gasteiger partial charge in [-0.15, -0.1) is 0 Å². The van der Waals surface area contributed by atoms with E-state index in [-0.39, 0.29) is 6.03 Å². The summed E-state index contributed by atoms with van der Waals surface area (Å²) in [6, 6.07) is -0.0376. The fourth-order valence-electron chi connectivity index (χ4n) is 2.90. The van der Waals surface area contributed by atoms with E-state index in [4.69, 9.17) is 0 Å². The Kier molecular flexibility index (Phi) is 4.13. The summed E-state index contributed by atoms with van der Waals surface area (Å²) in [4.78, 5) is 14.2. The van der Waals surface area contributed by atoms with Crippen LogP contribution in [0.3, 0.4) is 0 Å². The van der Waals surface area contributed by atoms with Gasteiger partial charge >= 0.3 is 6.03 Å². The van der Waals surface area contributed by atoms with Crippen LogP contribution in [-0.2, 0) is 20.0 Å². The standard InChI is InChI=1S/C15H22N6O/c1-3-21-11-14(8-17-21)18-15(22)20-5-4-12(10-20)6-13-7-16-19(2)9-13/h7-9,11-12H,3-6,10H2,1-2H3,(H,18,22)/t12-/m0/s1. The Balaban J connectivity index is 1.52. The number of urea groups is 1. The lowest BCUT2D eigenvalue weighted by atomic mass is 10.0. The number of carbonyl (C=O) groups is 1. The zero-order valence-electron chi connectivity index (χ0n) is 13.1. The van der Waals surface area contributed by atoms with Gasteiger partial charge in [-0.2, -0.15) is 10.2 Å². The highest BCUT2D eigenvalue weighted by molar-refractivity contribution is 5.89. The van der Waals surface area contributed by atoms with Crippen LogP contribution in [0.15, 0.2) is 24.8 Å². The minimum absolute atomic E-state index is 0.0376. The van der Waals surface area contributed by atoms with Gasteiger partial charge in [-0.1, -0.05) is 0 Å². The molecule has 1 saturated heterocycles. The van der Waals surface area contributed by atoms with E-state index in [1.165, 1.54) is 5.56 Å². The van der Waals surface area contributed by atoms with Gasteiger partial charge in [0.25, 0.3) is 0 Å². The third-order valence-corrected chi connectivity index (χ3v) is 4.06. The minimum atomic E-state index is -0.0376. The Morgan fingerprint density at radius 1 is 1.36 bits per heavy atom. The van der Waals surface area contributed by atoms with Crippen LogP contribution < -0.4 is 5.32 Å². The second kappa shape index (κ2) is 6.21. The molecule has 3 heterocycles. The van der Waals surface area contributed by atoms with E-state index in [0.717, 1.165) is 38.2 Å². The van der Waals surface area contributed by atoms with Crippen LogP contribution in [0.4, 0.5) is 10.5 Å². The van der Waals surface area contributed by atoms with Crippen LogP contribution in [-0.4, -0.2) is 43.6 Å². The van der Waals surface area contributed by atoms with Crippen molar-refractivity contribution in [3.8, 4) is 0 Å². The first kappa shape index (κ1) is 14.6. The molecule has 0 saturated carbocycles. The molecule has 2 aromatic rings. The SMILES string of the molecule is CCn1cc(NC(=O)N2CC[C@@H](Cc3cnn(C)c3)C2)cn1. The van der Waals surface area contributed by atoms with E-state index < -0.39 is 0 Å². The van der Waals surface area contributed by atoms with E-state index in [0.29, 0.717) is 5.92 Å². The zero-order valence-corrected chi connectivity index (χ0v) is 13.1. The smallest absolute Gasteiger partial charge is 0.321 e. The molecular formula is C15H22N6O. The quantitative estimate of drug-likeness (QED) is 0.935. The van der Waals surface area contributed by atoms with Gasteiger partial charge in [0, 0.05) is 39.1 Å². The highest BCUT2D eigenvalue weighted by atomic mass is 16.2. The minimum Gasteiger partial charge on any atom is -0.324 e. The highest BCUT2D eigenvalue weighted by Crippen LogP contribution is 2.21. The monoisotopic (exact) mass is 302 g/mol. The maximum absolute atomic E-state index is 12.3. The number of aryl methyl sites for hydroxylation is 2. The highest BCUT2D eigenvalue weighted by Gasteiger charge is 2.26. The molecule has 0 aromatic carbocycles. The molecule has 7 nitrogen and oxygen atoms in total. The summed E-state index contributed by atoms with van der Waals surface area (Å²) in [7, 11) is 1.92. The van der Waals surface area contributed by atoms with Crippen molar-refractivity contribution in [3.63, 3.8) is 0 Å². The lowest BCUT2D eigenvalue weighted by molar-refractivity contribution is 0.221. The normalized spacial score (nSPS) is 17.9. The molecule has 0 unspecified atom stereocenters. The topological polar surface area (TPSA) is 68.0 Å². The van der Waals surface area contributed by atoms with Crippen LogP contribution in [0.25, 0.3) is 0 Å². The molecule has 0 bridgehead atoms. The van der Waals surface area contributed by atoms with Crippen molar-refractivity contribution in [1.29, 1.82) is 0 Å². The summed E-state index contributed by atoms with van der Waals surface area (Å²) in [5, 5.41) is 11.3. The lowest BCUT2D eigenvalue weighted by Crippen LogP contribution is -2.33. The van der Waals surface area contributed by atoms with Crippen LogP contribution in [0, 0.1) is 5.92 Å². The number of nitrogens with one attached hydrogen (secondary N) is 1. The Bertz CT molecular complexity index is 646. The summed E-state index contributed by atoms with van der Waals surface area (Å²) < 4.78 is 3.62. The van der Waals surface area contributed by atoms with E-state index in [9.17, 15) is 4.79 Å². The third-order valence-electron chi connectivity index (χ3n) is 4.06. The van der Waals surface area contributed by atoms with Crippen molar-refractivity contribution < 1.29 is 4.79 Å². The van der Waals surface area contributed by atoms with Gasteiger partial charge in [-0.05, 0) is 31.2 Å². The number of hydrogen-bond acceptors (Lipinski definition) is 3. The van der Waals surface area contributed by atoms with Crippen LogP contribution in [0.1, 0.15) is 18.9 Å². The predicted octanol–water partition coefficient (Wildman–Crippen LogP) is 1.73. The van der Waals surface area contributed by atoms with Crippen LogP contribution in [0.2, 0.25) is 0 Å². The first-order chi connectivity index (χ1) is 10.6. The molecule has 0 spiro atoms. The second-order valence-corrected chi connectivity index (χ2v) is 5.84. The second-order valence-electron chi connectivity index (χ2n) is 5.84. The maximum Gasteiger partial charge on any atom is 0.321 e. The van der Waals surface area contributed by atoms with E-state index in [1.807, 2.05) is 42.1 Å². The lowest BCUT2D eigenvalue weighted by Gasteiger charge is -2.16. The van der Waals surface area contributed by atoms with Crippen molar-refractivity contribution in [2.75, 3.05) is 18.4 Å². The van der Waals surface area contributed by atoms with E-state index in [2.05, 4.69) is 15.5 Å². The van der Waals surface area contributed by atoms with Gasteiger partial charge in [-0.25, -0.2) is 4.79 Å². The number of anilines is 1. The van der Waals surface area contributed by atoms with Gasteiger partial charge in [-0.3, -0.25) is 9.36 Å². The molecule has 1 aliphatic rings. The summed E-state index contributed by atoms with van der Waals surface area (Å²) in [6.45, 7) is 4.41. The summed E-state index contributed by atoms with van der Waals surface area (Å²) in [6.07, 6.45) is 9.50. The number of carbonyl (C=O) groups excluding carboxylic acids is 1. The van der Waals surface area contributed by atoms with Gasteiger partial charge in [0.15, 0.2) is 0 Å². The molecule has 22 heavy (non-hydrogen) atoms. The number of likely N-dealkylation sites (tertiary alicyclic amines) is 1. The van der Waals surface area contributed by atoms with Gasteiger partial charge in [0.2, 0.25) is 0 Å². The molecule has 2 amide bonds. The average molecular weight is 302 g/mol. The fraction of sp³-hybridized carbons (Fsp3) is 0.533. The number of nitrogens with zero attached hydrogens (tertiary/aromatic N) is 5. The first-order valence-electron chi connectivity index (χ1n) is 7.70. The maximum atomic E-state index is 12.3. The summed E-state index contributed by atoms with van der Waals surface area (Å²) in [5.41, 5.74) is 1.99. The molecule has 118 valence electrons. The molecule has 0 radical (unpaired) electrons. The van der Waals surface area contributed by atoms with Crippen molar-refractivity contribution >= 4 is 11.7 Å². The average Bonchev–Trinajstić information content (AvgIpc) is 3.21. The largest absolute Gasteiger partial charge is 0.324 e. The van der Waals surface area contributed by atoms with Crippen molar-refractivity contribution in [2.24, 2.45) is 13.0 Å². The van der Waals surface area contributed by atoms with Gasteiger partial charge in [0.05, 0.1) is 18.1 Å². The Hall–Kier alpha value is -2.31. The summed E-state index contributed by atoms with van der Waals surface area (Å²) in [5.74, 6) is 0.508. The van der Waals surface area contributed by atoms with Crippen molar-refractivity contribution in [1.82, 2.24) is 24.5 Å². The number of rotatable bonds is 4. The van der Waals surface area contributed by atoms with Crippen LogP contribution >= 0.6 is 0 Å². The van der Waals surface area contributed by atoms with Crippen molar-refractivity contribution in [2.45, 2.75) is 26.3 Å². The van der Waals surface area contributed by atoms with Gasteiger partial charge < -0.3 is 10.2 Å². The Morgan fingerprint density at radius 3 is 2.91 bits per heavy atom. The molecule has 1 N–H and O–H groups in total. The Morgan fingerprint density at radius 2 is 2.23 bits per heavy atom. The summed E-state index contributed by atoms with van der Waals surface area (Å²) >= 11 is 0. The molecule has 7 heteroatoms. The number of amides is 2. The first-order valence-corrected chi connectivity index (χ1v) is 7.70. The zero-order chi connectivity index (χ0) is 15.5. The van der Waals surface area contributed by atoms with E-state index in [1.54, 1.807) is 10.9 Å². The van der Waals surface area contributed by atoms with Gasteiger partial charge in [0.1, 0.15) is 0 Å².